The molecule has 1 saturated heterocycles. The first-order chi connectivity index (χ1) is 15.1. The Labute approximate surface area is 186 Å². The number of furan rings is 1. The molecule has 1 aliphatic rings. The van der Waals surface area contributed by atoms with E-state index in [1.54, 1.807) is 23.5 Å². The van der Waals surface area contributed by atoms with Crippen molar-refractivity contribution in [1.82, 2.24) is 15.2 Å². The third kappa shape index (κ3) is 5.72. The highest BCUT2D eigenvalue weighted by atomic mass is 32.1. The Kier molecular flexibility index (Phi) is 7.01. The van der Waals surface area contributed by atoms with E-state index in [2.05, 4.69) is 15.2 Å². The van der Waals surface area contributed by atoms with Gasteiger partial charge in [-0.05, 0) is 50.2 Å². The molecule has 0 radical (unpaired) electrons. The number of nitrogens with one attached hydrogen (secondary N) is 1. The standard InChI is InChI=1S/C23H27N3O4S/c1-16-3-8-22(30-16)21(26-9-11-28-12-10-26)13-24-23(27)18-4-6-20(7-5-18)29-14-19-15-31-17(2)25-19/h3-8,15,21H,9-14H2,1-2H3,(H,24,27). The highest BCUT2D eigenvalue weighted by molar-refractivity contribution is 7.09. The molecule has 1 aliphatic heterocycles. The minimum absolute atomic E-state index is 0.0225. The number of amides is 1. The number of carbonyl (C=O) groups excluding carboxylic acids is 1. The van der Waals surface area contributed by atoms with Crippen LogP contribution in [0, 0.1) is 13.8 Å². The van der Waals surface area contributed by atoms with E-state index in [1.807, 2.05) is 43.5 Å². The van der Waals surface area contributed by atoms with E-state index in [0.717, 1.165) is 35.3 Å². The second-order valence-electron chi connectivity index (χ2n) is 7.49. The molecule has 0 bridgehead atoms. The zero-order valence-corrected chi connectivity index (χ0v) is 18.6. The van der Waals surface area contributed by atoms with Crippen molar-refractivity contribution in [2.24, 2.45) is 0 Å². The molecular formula is C23H27N3O4S. The van der Waals surface area contributed by atoms with Gasteiger partial charge in [0, 0.05) is 30.6 Å². The molecule has 8 heteroatoms. The molecule has 0 spiro atoms. The van der Waals surface area contributed by atoms with Gasteiger partial charge in [0.05, 0.1) is 30.0 Å². The molecule has 4 rings (SSSR count). The van der Waals surface area contributed by atoms with Gasteiger partial charge in [0.1, 0.15) is 23.9 Å². The average Bonchev–Trinajstić information content (AvgIpc) is 3.41. The number of benzene rings is 1. The fourth-order valence-electron chi connectivity index (χ4n) is 3.56. The summed E-state index contributed by atoms with van der Waals surface area (Å²) in [6, 6.07) is 11.1. The smallest absolute Gasteiger partial charge is 0.251 e. The van der Waals surface area contributed by atoms with Crippen molar-refractivity contribution in [3.63, 3.8) is 0 Å². The van der Waals surface area contributed by atoms with E-state index < -0.39 is 0 Å². The van der Waals surface area contributed by atoms with Crippen LogP contribution in [0.4, 0.5) is 0 Å². The van der Waals surface area contributed by atoms with Gasteiger partial charge in [-0.15, -0.1) is 11.3 Å². The molecule has 31 heavy (non-hydrogen) atoms. The third-order valence-corrected chi connectivity index (χ3v) is 6.02. The van der Waals surface area contributed by atoms with Crippen molar-refractivity contribution in [2.45, 2.75) is 26.5 Å². The minimum Gasteiger partial charge on any atom is -0.487 e. The third-order valence-electron chi connectivity index (χ3n) is 5.20. The predicted molar refractivity (Wildman–Crippen MR) is 119 cm³/mol. The van der Waals surface area contributed by atoms with Crippen LogP contribution in [-0.4, -0.2) is 48.6 Å². The van der Waals surface area contributed by atoms with Crippen LogP contribution in [-0.2, 0) is 11.3 Å². The van der Waals surface area contributed by atoms with Crippen LogP contribution in [0.1, 0.15) is 38.6 Å². The van der Waals surface area contributed by atoms with Crippen LogP contribution in [0.15, 0.2) is 46.2 Å². The van der Waals surface area contributed by atoms with Crippen molar-refractivity contribution >= 4 is 17.2 Å². The minimum atomic E-state index is -0.122. The lowest BCUT2D eigenvalue weighted by atomic mass is 10.1. The summed E-state index contributed by atoms with van der Waals surface area (Å²) in [6.45, 7) is 7.77. The Hall–Kier alpha value is -2.68. The molecule has 1 N–H and O–H groups in total. The number of aryl methyl sites for hydroxylation is 2. The number of ether oxygens (including phenoxy) is 2. The molecule has 164 valence electrons. The van der Waals surface area contributed by atoms with Crippen molar-refractivity contribution in [1.29, 1.82) is 0 Å². The van der Waals surface area contributed by atoms with Gasteiger partial charge in [-0.2, -0.15) is 0 Å². The number of hydrogen-bond donors (Lipinski definition) is 1. The van der Waals surface area contributed by atoms with Crippen LogP contribution in [0.2, 0.25) is 0 Å². The SMILES string of the molecule is Cc1ccc(C(CNC(=O)c2ccc(OCc3csc(C)n3)cc2)N2CCOCC2)o1. The Morgan fingerprint density at radius 2 is 1.97 bits per heavy atom. The monoisotopic (exact) mass is 441 g/mol. The van der Waals surface area contributed by atoms with Gasteiger partial charge < -0.3 is 19.2 Å². The van der Waals surface area contributed by atoms with E-state index in [4.69, 9.17) is 13.9 Å². The second-order valence-corrected chi connectivity index (χ2v) is 8.56. The van der Waals surface area contributed by atoms with E-state index >= 15 is 0 Å². The van der Waals surface area contributed by atoms with Gasteiger partial charge in [0.2, 0.25) is 0 Å². The number of nitrogens with zero attached hydrogens (tertiary/aromatic N) is 2. The molecule has 2 aromatic heterocycles. The van der Waals surface area contributed by atoms with Gasteiger partial charge in [-0.25, -0.2) is 4.98 Å². The van der Waals surface area contributed by atoms with Gasteiger partial charge in [0.25, 0.3) is 5.91 Å². The van der Waals surface area contributed by atoms with Crippen LogP contribution in [0.25, 0.3) is 0 Å². The molecule has 7 nitrogen and oxygen atoms in total. The van der Waals surface area contributed by atoms with Crippen LogP contribution >= 0.6 is 11.3 Å². The Morgan fingerprint density at radius 3 is 2.61 bits per heavy atom. The maximum atomic E-state index is 12.7. The molecule has 0 saturated carbocycles. The molecule has 3 heterocycles. The fourth-order valence-corrected chi connectivity index (χ4v) is 4.15. The predicted octanol–water partition coefficient (Wildman–Crippen LogP) is 3.74. The lowest BCUT2D eigenvalue weighted by Gasteiger charge is -2.33. The first kappa shape index (κ1) is 21.5. The number of thiazole rings is 1. The molecular weight excluding hydrogens is 414 g/mol. The lowest BCUT2D eigenvalue weighted by molar-refractivity contribution is 0.0117. The largest absolute Gasteiger partial charge is 0.487 e. The van der Waals surface area contributed by atoms with Crippen molar-refractivity contribution in [3.05, 3.63) is 69.6 Å². The zero-order valence-electron chi connectivity index (χ0n) is 17.8. The number of carbonyl (C=O) groups is 1. The molecule has 1 unspecified atom stereocenters. The number of rotatable bonds is 8. The Morgan fingerprint density at radius 1 is 1.19 bits per heavy atom. The summed E-state index contributed by atoms with van der Waals surface area (Å²) < 4.78 is 17.1. The molecule has 0 aliphatic carbocycles. The topological polar surface area (TPSA) is 76.8 Å². The van der Waals surface area contributed by atoms with Crippen molar-refractivity contribution in [3.8, 4) is 5.75 Å². The first-order valence-electron chi connectivity index (χ1n) is 10.4. The maximum Gasteiger partial charge on any atom is 0.251 e. The Balaban J connectivity index is 1.34. The highest BCUT2D eigenvalue weighted by Crippen LogP contribution is 2.23. The van der Waals surface area contributed by atoms with E-state index in [1.165, 1.54) is 0 Å². The van der Waals surface area contributed by atoms with Crippen molar-refractivity contribution in [2.75, 3.05) is 32.8 Å². The van der Waals surface area contributed by atoms with Crippen LogP contribution in [0.5, 0.6) is 5.75 Å². The normalized spacial score (nSPS) is 15.5. The summed E-state index contributed by atoms with van der Waals surface area (Å²) in [5.41, 5.74) is 1.50. The molecule has 3 aromatic rings. The van der Waals surface area contributed by atoms with Crippen molar-refractivity contribution < 1.29 is 18.7 Å². The van der Waals surface area contributed by atoms with E-state index in [-0.39, 0.29) is 11.9 Å². The average molecular weight is 442 g/mol. The number of hydrogen-bond acceptors (Lipinski definition) is 7. The lowest BCUT2D eigenvalue weighted by Crippen LogP contribution is -2.43. The number of morpholine rings is 1. The number of aromatic nitrogens is 1. The summed E-state index contributed by atoms with van der Waals surface area (Å²) in [5, 5.41) is 6.06. The van der Waals surface area contributed by atoms with Gasteiger partial charge in [0.15, 0.2) is 0 Å². The summed E-state index contributed by atoms with van der Waals surface area (Å²) in [5.74, 6) is 2.31. The first-order valence-corrected chi connectivity index (χ1v) is 11.3. The summed E-state index contributed by atoms with van der Waals surface area (Å²) in [6.07, 6.45) is 0. The highest BCUT2D eigenvalue weighted by Gasteiger charge is 2.25. The quantitative estimate of drug-likeness (QED) is 0.574. The summed E-state index contributed by atoms with van der Waals surface area (Å²) in [4.78, 5) is 19.4. The molecule has 1 aromatic carbocycles. The Bertz CT molecular complexity index is 992. The molecule has 1 amide bonds. The fraction of sp³-hybridized carbons (Fsp3) is 0.391. The van der Waals surface area contributed by atoms with Crippen LogP contribution in [0.3, 0.4) is 0 Å². The van der Waals surface area contributed by atoms with Crippen LogP contribution < -0.4 is 10.1 Å². The summed E-state index contributed by atoms with van der Waals surface area (Å²) >= 11 is 1.60. The van der Waals surface area contributed by atoms with E-state index in [9.17, 15) is 4.79 Å². The molecule has 1 fully saturated rings. The second kappa shape index (κ2) is 10.1. The van der Waals surface area contributed by atoms with E-state index in [0.29, 0.717) is 37.7 Å². The van der Waals surface area contributed by atoms with Gasteiger partial charge in [-0.3, -0.25) is 9.69 Å². The maximum absolute atomic E-state index is 12.7. The van der Waals surface area contributed by atoms with Gasteiger partial charge >= 0.3 is 0 Å². The molecule has 1 atom stereocenters. The zero-order chi connectivity index (χ0) is 21.6. The summed E-state index contributed by atoms with van der Waals surface area (Å²) in [7, 11) is 0. The van der Waals surface area contributed by atoms with Gasteiger partial charge in [-0.1, -0.05) is 0 Å².